The standard InChI is InChI=1S/C6H12O6.C5H11NO2.C3H8O3/c7-1-2(8)4(10)6(12)5(11)3(1)9;1-6(2,3)4-5(7)8;4-1-3(6)2-5/h1-12H;4H2,1-3H3;3-6H,1-2H2/t1-,2-,3-,4+,5-,6-;;. The lowest BCUT2D eigenvalue weighted by Crippen LogP contribution is -2.63. The van der Waals surface area contributed by atoms with Crippen molar-refractivity contribution in [2.24, 2.45) is 0 Å². The van der Waals surface area contributed by atoms with Crippen molar-refractivity contribution < 1.29 is 60.3 Å². The molecule has 0 amide bonds. The number of hydrogen-bond acceptors (Lipinski definition) is 11. The van der Waals surface area contributed by atoms with Gasteiger partial charge in [0.15, 0.2) is 0 Å². The molecule has 0 heterocycles. The zero-order chi connectivity index (χ0) is 21.2. The third kappa shape index (κ3) is 10.9. The minimum Gasteiger partial charge on any atom is -0.544 e. The van der Waals surface area contributed by atoms with Crippen LogP contribution in [0, 0.1) is 0 Å². The number of carboxylic acid groups (broad SMARTS) is 1. The number of aliphatic hydroxyl groups is 9. The Hall–Kier alpha value is -0.930. The molecule has 0 aliphatic heterocycles. The first kappa shape index (κ1) is 27.3. The van der Waals surface area contributed by atoms with E-state index in [1.165, 1.54) is 0 Å². The maximum Gasteiger partial charge on any atom is 0.118 e. The van der Waals surface area contributed by atoms with Gasteiger partial charge >= 0.3 is 0 Å². The SMILES string of the molecule is C[N+](C)(C)CC(=O)[O-].OCC(O)CO.O[C@H]1[C@H](O)[C@@H](O)[C@H](O)[C@@H](O)[C@H]1O. The molecule has 26 heavy (non-hydrogen) atoms. The molecule has 1 rings (SSSR count). The summed E-state index contributed by atoms with van der Waals surface area (Å²) in [6.45, 7) is -0.660. The van der Waals surface area contributed by atoms with Crippen LogP contribution in [0.5, 0.6) is 0 Å². The van der Waals surface area contributed by atoms with E-state index < -0.39 is 48.7 Å². The summed E-state index contributed by atoms with van der Waals surface area (Å²) in [6.07, 6.45) is -10.8. The van der Waals surface area contributed by atoms with Crippen LogP contribution in [0.2, 0.25) is 0 Å². The fourth-order valence-corrected chi connectivity index (χ4v) is 1.66. The molecule has 1 aliphatic carbocycles. The average Bonchev–Trinajstić information content (AvgIpc) is 2.54. The Kier molecular flexibility index (Phi) is 13.1. The van der Waals surface area contributed by atoms with E-state index >= 15 is 0 Å². The molecule has 0 atom stereocenters. The smallest absolute Gasteiger partial charge is 0.118 e. The molecule has 1 fully saturated rings. The van der Waals surface area contributed by atoms with Gasteiger partial charge in [0.1, 0.15) is 49.3 Å². The highest BCUT2D eigenvalue weighted by Gasteiger charge is 2.47. The second kappa shape index (κ2) is 12.5. The first-order valence-electron chi connectivity index (χ1n) is 7.68. The van der Waals surface area contributed by atoms with Crippen molar-refractivity contribution in [1.29, 1.82) is 0 Å². The summed E-state index contributed by atoms with van der Waals surface area (Å²) in [5.41, 5.74) is 0. The highest BCUT2D eigenvalue weighted by atomic mass is 16.4. The van der Waals surface area contributed by atoms with Gasteiger partial charge in [0.2, 0.25) is 0 Å². The number of rotatable bonds is 4. The first-order chi connectivity index (χ1) is 11.7. The molecule has 1 saturated carbocycles. The van der Waals surface area contributed by atoms with Gasteiger partial charge in [-0.05, 0) is 0 Å². The number of nitrogens with zero attached hydrogens (tertiary/aromatic N) is 1. The summed E-state index contributed by atoms with van der Waals surface area (Å²) < 4.78 is 0.419. The first-order valence-corrected chi connectivity index (χ1v) is 7.68. The summed E-state index contributed by atoms with van der Waals surface area (Å²) in [5, 5.41) is 87.7. The molecule has 0 aromatic heterocycles. The summed E-state index contributed by atoms with van der Waals surface area (Å²) in [6, 6.07) is 0. The molecular formula is C14H31NO11. The van der Waals surface area contributed by atoms with Crippen molar-refractivity contribution >= 4 is 5.97 Å². The van der Waals surface area contributed by atoms with Gasteiger partial charge in [-0.3, -0.25) is 0 Å². The van der Waals surface area contributed by atoms with E-state index in [2.05, 4.69) is 0 Å². The Morgan fingerprint density at radius 1 is 0.808 bits per heavy atom. The predicted molar refractivity (Wildman–Crippen MR) is 84.1 cm³/mol. The van der Waals surface area contributed by atoms with Crippen LogP contribution in [-0.2, 0) is 4.79 Å². The Morgan fingerprint density at radius 3 is 1.08 bits per heavy atom. The van der Waals surface area contributed by atoms with Crippen LogP contribution in [0.1, 0.15) is 0 Å². The number of likely N-dealkylation sites (N-methyl/N-ethyl adjacent to an activating group) is 1. The zero-order valence-electron chi connectivity index (χ0n) is 15.0. The van der Waals surface area contributed by atoms with Crippen LogP contribution in [0.25, 0.3) is 0 Å². The molecule has 0 bridgehead atoms. The number of quaternary nitrogens is 1. The molecule has 0 spiro atoms. The normalized spacial score (nSPS) is 31.4. The molecule has 158 valence electrons. The Bertz CT molecular complexity index is 327. The van der Waals surface area contributed by atoms with E-state index in [-0.39, 0.29) is 19.8 Å². The van der Waals surface area contributed by atoms with Crippen molar-refractivity contribution in [3.05, 3.63) is 0 Å². The van der Waals surface area contributed by atoms with Crippen molar-refractivity contribution in [3.8, 4) is 0 Å². The number of aliphatic carboxylic acids is 1. The van der Waals surface area contributed by atoms with Gasteiger partial charge in [-0.2, -0.15) is 0 Å². The summed E-state index contributed by atoms with van der Waals surface area (Å²) in [7, 11) is 5.40. The number of carbonyl (C=O) groups is 1. The largest absolute Gasteiger partial charge is 0.544 e. The van der Waals surface area contributed by atoms with Gasteiger partial charge in [-0.15, -0.1) is 0 Å². The van der Waals surface area contributed by atoms with E-state index in [0.29, 0.717) is 4.48 Å². The number of carbonyl (C=O) groups excluding carboxylic acids is 1. The van der Waals surface area contributed by atoms with Gasteiger partial charge in [0.05, 0.1) is 40.3 Å². The quantitative estimate of drug-likeness (QED) is 0.205. The molecule has 1 aliphatic rings. The third-order valence-electron chi connectivity index (χ3n) is 3.12. The van der Waals surface area contributed by atoms with E-state index in [1.807, 2.05) is 0 Å². The monoisotopic (exact) mass is 389 g/mol. The molecule has 9 N–H and O–H groups in total. The predicted octanol–water partition coefficient (Wildman–Crippen LogP) is -7.06. The number of hydrogen-bond donors (Lipinski definition) is 9. The van der Waals surface area contributed by atoms with E-state index in [0.717, 1.165) is 0 Å². The van der Waals surface area contributed by atoms with Crippen molar-refractivity contribution in [3.63, 3.8) is 0 Å². The van der Waals surface area contributed by atoms with Crippen LogP contribution in [0.3, 0.4) is 0 Å². The minimum atomic E-state index is -1.64. The summed E-state index contributed by atoms with van der Waals surface area (Å²) >= 11 is 0. The molecule has 12 heteroatoms. The van der Waals surface area contributed by atoms with E-state index in [4.69, 9.17) is 46.0 Å². The maximum atomic E-state index is 9.89. The lowest BCUT2D eigenvalue weighted by molar-refractivity contribution is -0.864. The molecule has 0 unspecified atom stereocenters. The van der Waals surface area contributed by atoms with Crippen LogP contribution in [0.4, 0.5) is 0 Å². The van der Waals surface area contributed by atoms with Crippen LogP contribution >= 0.6 is 0 Å². The van der Waals surface area contributed by atoms with Crippen LogP contribution in [-0.4, -0.2) is 140 Å². The maximum absolute atomic E-state index is 9.89. The van der Waals surface area contributed by atoms with Gasteiger partial charge in [-0.25, -0.2) is 0 Å². The third-order valence-corrected chi connectivity index (χ3v) is 3.12. The lowest BCUT2D eigenvalue weighted by atomic mass is 9.85. The molecule has 0 aromatic rings. The number of aliphatic hydroxyl groups excluding tert-OH is 9. The second-order valence-electron chi connectivity index (χ2n) is 6.78. The molecular weight excluding hydrogens is 358 g/mol. The zero-order valence-corrected chi connectivity index (χ0v) is 15.0. The van der Waals surface area contributed by atoms with Gasteiger partial charge < -0.3 is 60.3 Å². The van der Waals surface area contributed by atoms with E-state index in [1.54, 1.807) is 21.1 Å². The van der Waals surface area contributed by atoms with E-state index in [9.17, 15) is 9.90 Å². The fraction of sp³-hybridized carbons (Fsp3) is 0.929. The van der Waals surface area contributed by atoms with Gasteiger partial charge in [0, 0.05) is 0 Å². The highest BCUT2D eigenvalue weighted by Crippen LogP contribution is 2.20. The molecule has 0 radical (unpaired) electrons. The fourth-order valence-electron chi connectivity index (χ4n) is 1.66. The van der Waals surface area contributed by atoms with Gasteiger partial charge in [-0.1, -0.05) is 0 Å². The van der Waals surface area contributed by atoms with Crippen molar-refractivity contribution in [1.82, 2.24) is 0 Å². The van der Waals surface area contributed by atoms with Gasteiger partial charge in [0.25, 0.3) is 0 Å². The average molecular weight is 389 g/mol. The number of carboxylic acids is 1. The van der Waals surface area contributed by atoms with Crippen molar-refractivity contribution in [2.45, 2.75) is 42.7 Å². The lowest BCUT2D eigenvalue weighted by Gasteiger charge is -2.39. The molecule has 0 aromatic carbocycles. The highest BCUT2D eigenvalue weighted by molar-refractivity contribution is 5.65. The Labute approximate surface area is 151 Å². The Morgan fingerprint density at radius 2 is 1.04 bits per heavy atom. The second-order valence-corrected chi connectivity index (χ2v) is 6.78. The summed E-state index contributed by atoms with van der Waals surface area (Å²) in [4.78, 5) is 9.89. The van der Waals surface area contributed by atoms with Crippen LogP contribution < -0.4 is 5.11 Å². The van der Waals surface area contributed by atoms with Crippen molar-refractivity contribution in [2.75, 3.05) is 40.9 Å². The summed E-state index contributed by atoms with van der Waals surface area (Å²) in [5.74, 6) is -1.00. The minimum absolute atomic E-state index is 0.0694. The van der Waals surface area contributed by atoms with Crippen LogP contribution in [0.15, 0.2) is 0 Å². The topological polar surface area (TPSA) is 222 Å². The molecule has 12 nitrogen and oxygen atoms in total. The Balaban J connectivity index is 0. The molecule has 0 saturated heterocycles.